The lowest BCUT2D eigenvalue weighted by molar-refractivity contribution is -0.122. The number of aryl methyl sites for hydroxylation is 1. The van der Waals surface area contributed by atoms with Gasteiger partial charge in [-0.15, -0.1) is 0 Å². The molecular weight excluding hydrogens is 364 g/mol. The van der Waals surface area contributed by atoms with Crippen molar-refractivity contribution < 1.29 is 14.3 Å². The van der Waals surface area contributed by atoms with Crippen LogP contribution in [0.2, 0.25) is 0 Å². The highest BCUT2D eigenvalue weighted by atomic mass is 16.5. The highest BCUT2D eigenvalue weighted by Crippen LogP contribution is 2.19. The van der Waals surface area contributed by atoms with Crippen LogP contribution in [0.25, 0.3) is 0 Å². The summed E-state index contributed by atoms with van der Waals surface area (Å²) in [5, 5.41) is 2.90. The van der Waals surface area contributed by atoms with Gasteiger partial charge in [-0.25, -0.2) is 0 Å². The summed E-state index contributed by atoms with van der Waals surface area (Å²) in [5.74, 6) is 0.497. The number of amides is 2. The van der Waals surface area contributed by atoms with Gasteiger partial charge in [0.15, 0.2) is 6.10 Å². The number of nitrogens with one attached hydrogen (secondary N) is 1. The summed E-state index contributed by atoms with van der Waals surface area (Å²) in [4.78, 5) is 27.5. The molecule has 0 saturated carbocycles. The Balaban J connectivity index is 1.66. The molecule has 0 aliphatic carbocycles. The fourth-order valence-corrected chi connectivity index (χ4v) is 3.58. The zero-order valence-corrected chi connectivity index (χ0v) is 17.3. The zero-order chi connectivity index (χ0) is 20.6. The summed E-state index contributed by atoms with van der Waals surface area (Å²) >= 11 is 0. The van der Waals surface area contributed by atoms with Crippen LogP contribution in [-0.4, -0.2) is 35.9 Å². The molecule has 29 heavy (non-hydrogen) atoms. The SMILES string of the molecule is CCC(Oc1cccc(C)c1)C(=O)Nc1cccc(C(=O)N2CCCCCC2)c1. The van der Waals surface area contributed by atoms with Gasteiger partial charge in [-0.05, 0) is 62.1 Å². The van der Waals surface area contributed by atoms with Crippen molar-refractivity contribution in [1.82, 2.24) is 4.90 Å². The largest absolute Gasteiger partial charge is 0.481 e. The fourth-order valence-electron chi connectivity index (χ4n) is 3.58. The lowest BCUT2D eigenvalue weighted by Crippen LogP contribution is -2.33. The van der Waals surface area contributed by atoms with Crippen LogP contribution < -0.4 is 10.1 Å². The van der Waals surface area contributed by atoms with Gasteiger partial charge < -0.3 is 15.0 Å². The average Bonchev–Trinajstić information content (AvgIpc) is 3.01. The molecule has 2 aromatic carbocycles. The molecule has 1 heterocycles. The minimum Gasteiger partial charge on any atom is -0.481 e. The van der Waals surface area contributed by atoms with E-state index in [4.69, 9.17) is 4.74 Å². The van der Waals surface area contributed by atoms with Crippen molar-refractivity contribution in [2.45, 2.75) is 52.1 Å². The molecule has 2 aromatic rings. The van der Waals surface area contributed by atoms with E-state index in [1.54, 1.807) is 12.1 Å². The molecule has 0 radical (unpaired) electrons. The molecule has 2 amide bonds. The van der Waals surface area contributed by atoms with Gasteiger partial charge in [-0.1, -0.05) is 38.0 Å². The van der Waals surface area contributed by atoms with Crippen LogP contribution in [-0.2, 0) is 4.79 Å². The Labute approximate surface area is 173 Å². The van der Waals surface area contributed by atoms with Crippen LogP contribution in [0.4, 0.5) is 5.69 Å². The highest BCUT2D eigenvalue weighted by molar-refractivity contribution is 5.98. The maximum Gasteiger partial charge on any atom is 0.265 e. The molecule has 0 spiro atoms. The zero-order valence-electron chi connectivity index (χ0n) is 17.3. The van der Waals surface area contributed by atoms with Crippen LogP contribution >= 0.6 is 0 Å². The van der Waals surface area contributed by atoms with Gasteiger partial charge in [0.1, 0.15) is 5.75 Å². The predicted molar refractivity (Wildman–Crippen MR) is 115 cm³/mol. The molecule has 5 heteroatoms. The standard InChI is InChI=1S/C24H30N2O3/c1-3-22(29-21-13-8-10-18(2)16-21)23(27)25-20-12-9-11-19(17-20)24(28)26-14-6-4-5-7-15-26/h8-13,16-17,22H,3-7,14-15H2,1-2H3,(H,25,27). The van der Waals surface area contributed by atoms with Crippen molar-refractivity contribution in [3.05, 3.63) is 59.7 Å². The summed E-state index contributed by atoms with van der Waals surface area (Å²) in [7, 11) is 0. The molecule has 1 unspecified atom stereocenters. The third-order valence-electron chi connectivity index (χ3n) is 5.20. The number of hydrogen-bond donors (Lipinski definition) is 1. The first kappa shape index (κ1) is 20.9. The summed E-state index contributed by atoms with van der Waals surface area (Å²) < 4.78 is 5.88. The Morgan fingerprint density at radius 2 is 1.76 bits per heavy atom. The Kier molecular flexibility index (Phi) is 7.28. The van der Waals surface area contributed by atoms with Gasteiger partial charge in [-0.3, -0.25) is 9.59 Å². The Hall–Kier alpha value is -2.82. The second kappa shape index (κ2) is 10.1. The van der Waals surface area contributed by atoms with E-state index in [1.807, 2.05) is 55.1 Å². The number of ether oxygens (including phenoxy) is 1. The van der Waals surface area contributed by atoms with Crippen LogP contribution in [0.3, 0.4) is 0 Å². The molecule has 1 aliphatic rings. The number of carbonyl (C=O) groups excluding carboxylic acids is 2. The lowest BCUT2D eigenvalue weighted by atomic mass is 10.1. The number of hydrogen-bond acceptors (Lipinski definition) is 3. The second-order valence-electron chi connectivity index (χ2n) is 7.61. The maximum atomic E-state index is 12.8. The first-order chi connectivity index (χ1) is 14.1. The van der Waals surface area contributed by atoms with Gasteiger partial charge in [0, 0.05) is 24.3 Å². The number of anilines is 1. The van der Waals surface area contributed by atoms with Gasteiger partial charge in [-0.2, -0.15) is 0 Å². The van der Waals surface area contributed by atoms with Crippen molar-refractivity contribution in [2.75, 3.05) is 18.4 Å². The third kappa shape index (κ3) is 5.83. The number of benzene rings is 2. The highest BCUT2D eigenvalue weighted by Gasteiger charge is 2.20. The minimum absolute atomic E-state index is 0.0334. The van der Waals surface area contributed by atoms with Crippen LogP contribution in [0.5, 0.6) is 5.75 Å². The predicted octanol–water partition coefficient (Wildman–Crippen LogP) is 4.81. The molecule has 1 atom stereocenters. The normalized spacial score (nSPS) is 15.3. The van der Waals surface area contributed by atoms with Crippen molar-refractivity contribution in [3.63, 3.8) is 0 Å². The van der Waals surface area contributed by atoms with E-state index in [-0.39, 0.29) is 11.8 Å². The number of likely N-dealkylation sites (tertiary alicyclic amines) is 1. The average molecular weight is 395 g/mol. The van der Waals surface area contributed by atoms with Gasteiger partial charge >= 0.3 is 0 Å². The van der Waals surface area contributed by atoms with Crippen molar-refractivity contribution >= 4 is 17.5 Å². The van der Waals surface area contributed by atoms with Gasteiger partial charge in [0.05, 0.1) is 0 Å². The second-order valence-corrected chi connectivity index (χ2v) is 7.61. The molecule has 1 aliphatic heterocycles. The van der Waals surface area contributed by atoms with Crippen LogP contribution in [0, 0.1) is 6.92 Å². The third-order valence-corrected chi connectivity index (χ3v) is 5.20. The number of rotatable bonds is 6. The van der Waals surface area contributed by atoms with Gasteiger partial charge in [0.2, 0.25) is 0 Å². The number of nitrogens with zero attached hydrogens (tertiary/aromatic N) is 1. The topological polar surface area (TPSA) is 58.6 Å². The van der Waals surface area contributed by atoms with E-state index in [0.29, 0.717) is 23.4 Å². The quantitative estimate of drug-likeness (QED) is 0.765. The summed E-state index contributed by atoms with van der Waals surface area (Å²) in [6, 6.07) is 14.8. The Bertz CT molecular complexity index is 842. The summed E-state index contributed by atoms with van der Waals surface area (Å²) in [6.07, 6.45) is 4.42. The van der Waals surface area contributed by atoms with E-state index in [9.17, 15) is 9.59 Å². The molecule has 154 valence electrons. The van der Waals surface area contributed by atoms with Gasteiger partial charge in [0.25, 0.3) is 11.8 Å². The van der Waals surface area contributed by atoms with Crippen molar-refractivity contribution in [3.8, 4) is 5.75 Å². The Morgan fingerprint density at radius 1 is 1.03 bits per heavy atom. The summed E-state index contributed by atoms with van der Waals surface area (Å²) in [6.45, 7) is 5.51. The maximum absolute atomic E-state index is 12.8. The first-order valence-electron chi connectivity index (χ1n) is 10.5. The molecular formula is C24H30N2O3. The van der Waals surface area contributed by atoms with Crippen LogP contribution in [0.1, 0.15) is 54.9 Å². The van der Waals surface area contributed by atoms with E-state index < -0.39 is 6.10 Å². The van der Waals surface area contributed by atoms with Crippen molar-refractivity contribution in [1.29, 1.82) is 0 Å². The molecule has 0 aromatic heterocycles. The van der Waals surface area contributed by atoms with E-state index in [0.717, 1.165) is 31.5 Å². The lowest BCUT2D eigenvalue weighted by Gasteiger charge is -2.21. The fraction of sp³-hybridized carbons (Fsp3) is 0.417. The van der Waals surface area contributed by atoms with E-state index in [2.05, 4.69) is 5.32 Å². The monoisotopic (exact) mass is 394 g/mol. The first-order valence-corrected chi connectivity index (χ1v) is 10.5. The molecule has 3 rings (SSSR count). The number of carbonyl (C=O) groups is 2. The smallest absolute Gasteiger partial charge is 0.265 e. The minimum atomic E-state index is -0.596. The molecule has 1 N–H and O–H groups in total. The Morgan fingerprint density at radius 3 is 2.45 bits per heavy atom. The van der Waals surface area contributed by atoms with E-state index in [1.165, 1.54) is 12.8 Å². The van der Waals surface area contributed by atoms with Crippen molar-refractivity contribution in [2.24, 2.45) is 0 Å². The molecule has 1 saturated heterocycles. The molecule has 0 bridgehead atoms. The van der Waals surface area contributed by atoms with Crippen LogP contribution in [0.15, 0.2) is 48.5 Å². The summed E-state index contributed by atoms with van der Waals surface area (Å²) in [5.41, 5.74) is 2.30. The molecule has 1 fully saturated rings. The van der Waals surface area contributed by atoms with E-state index >= 15 is 0 Å². The molecule has 5 nitrogen and oxygen atoms in total.